The van der Waals surface area contributed by atoms with Crippen LogP contribution in [0.25, 0.3) is 0 Å². The van der Waals surface area contributed by atoms with Crippen LogP contribution in [-0.2, 0) is 6.42 Å². The molecule has 1 N–H and O–H groups in total. The summed E-state index contributed by atoms with van der Waals surface area (Å²) in [6, 6.07) is 8.29. The van der Waals surface area contributed by atoms with Crippen molar-refractivity contribution in [2.75, 3.05) is 20.2 Å². The van der Waals surface area contributed by atoms with Crippen LogP contribution >= 0.6 is 12.4 Å². The summed E-state index contributed by atoms with van der Waals surface area (Å²) in [7, 11) is 1.74. The molecule has 2 nitrogen and oxygen atoms in total. The third kappa shape index (κ3) is 8.12. The van der Waals surface area contributed by atoms with Gasteiger partial charge in [0.1, 0.15) is 5.75 Å². The molecule has 1 aromatic carbocycles. The number of aryl methyl sites for hydroxylation is 1. The molecule has 0 spiro atoms. The molecule has 0 aliphatic heterocycles. The van der Waals surface area contributed by atoms with Gasteiger partial charge in [0.05, 0.1) is 7.11 Å². The minimum absolute atomic E-state index is 0. The van der Waals surface area contributed by atoms with Crippen LogP contribution in [0, 0.1) is 0 Å². The average Bonchev–Trinajstić information content (AvgIpc) is 2.42. The van der Waals surface area contributed by atoms with E-state index in [0.717, 1.165) is 25.3 Å². The Morgan fingerprint density at radius 2 is 1.74 bits per heavy atom. The number of benzene rings is 1. The Bertz CT molecular complexity index is 317. The lowest BCUT2D eigenvalue weighted by Crippen LogP contribution is -2.17. The Morgan fingerprint density at radius 3 is 2.47 bits per heavy atom. The zero-order valence-electron chi connectivity index (χ0n) is 12.3. The number of methoxy groups -OCH3 is 1. The molecule has 0 unspecified atom stereocenters. The predicted molar refractivity (Wildman–Crippen MR) is 85.6 cm³/mol. The van der Waals surface area contributed by atoms with E-state index in [1.165, 1.54) is 37.7 Å². The first-order valence-corrected chi connectivity index (χ1v) is 7.21. The number of nitrogens with one attached hydrogen (secondary N) is 1. The highest BCUT2D eigenvalue weighted by atomic mass is 35.5. The van der Waals surface area contributed by atoms with Crippen LogP contribution in [0.3, 0.4) is 0 Å². The highest BCUT2D eigenvalue weighted by Gasteiger charge is 2.00. The summed E-state index contributed by atoms with van der Waals surface area (Å²) in [6.45, 7) is 4.51. The Balaban J connectivity index is 0.00000324. The second kappa shape index (κ2) is 12.3. The van der Waals surface area contributed by atoms with Crippen LogP contribution in [0.1, 0.15) is 44.6 Å². The molecule has 110 valence electrons. The number of hydrogen-bond acceptors (Lipinski definition) is 2. The first-order valence-electron chi connectivity index (χ1n) is 7.21. The van der Waals surface area contributed by atoms with E-state index < -0.39 is 0 Å². The van der Waals surface area contributed by atoms with Crippen molar-refractivity contribution in [1.82, 2.24) is 5.32 Å². The summed E-state index contributed by atoms with van der Waals surface area (Å²) >= 11 is 0. The van der Waals surface area contributed by atoms with Gasteiger partial charge in [0, 0.05) is 0 Å². The fourth-order valence-corrected chi connectivity index (χ4v) is 2.12. The van der Waals surface area contributed by atoms with E-state index in [4.69, 9.17) is 4.74 Å². The van der Waals surface area contributed by atoms with Gasteiger partial charge in [-0.15, -0.1) is 12.4 Å². The standard InChI is InChI=1S/C16H27NO.ClH/c1-3-4-5-8-13-17-14-9-11-15-10-6-7-12-16(15)18-2;/h6-7,10,12,17H,3-5,8-9,11,13-14H2,1-2H3;1H. The molecule has 0 aliphatic rings. The predicted octanol–water partition coefficient (Wildman–Crippen LogP) is 4.22. The number of para-hydroxylation sites is 1. The molecule has 0 aromatic heterocycles. The van der Waals surface area contributed by atoms with E-state index in [2.05, 4.69) is 24.4 Å². The van der Waals surface area contributed by atoms with Crippen molar-refractivity contribution < 1.29 is 4.74 Å². The van der Waals surface area contributed by atoms with Crippen molar-refractivity contribution in [3.63, 3.8) is 0 Å². The number of hydrogen-bond donors (Lipinski definition) is 1. The Hall–Kier alpha value is -0.730. The smallest absolute Gasteiger partial charge is 0.122 e. The van der Waals surface area contributed by atoms with Crippen molar-refractivity contribution in [1.29, 1.82) is 0 Å². The Kier molecular flexibility index (Phi) is 11.8. The molecule has 0 radical (unpaired) electrons. The van der Waals surface area contributed by atoms with Crippen LogP contribution in [0.5, 0.6) is 5.75 Å². The zero-order chi connectivity index (χ0) is 13.1. The topological polar surface area (TPSA) is 21.3 Å². The first kappa shape index (κ1) is 18.3. The van der Waals surface area contributed by atoms with Gasteiger partial charge in [-0.05, 0) is 44.0 Å². The van der Waals surface area contributed by atoms with E-state index in [1.54, 1.807) is 7.11 Å². The van der Waals surface area contributed by atoms with E-state index in [0.29, 0.717) is 0 Å². The molecule has 0 saturated carbocycles. The van der Waals surface area contributed by atoms with Crippen LogP contribution in [0.2, 0.25) is 0 Å². The molecule has 0 aliphatic carbocycles. The maximum atomic E-state index is 5.35. The van der Waals surface area contributed by atoms with Crippen LogP contribution < -0.4 is 10.1 Å². The minimum atomic E-state index is 0. The maximum Gasteiger partial charge on any atom is 0.122 e. The first-order chi connectivity index (χ1) is 8.88. The summed E-state index contributed by atoms with van der Waals surface area (Å²) in [5, 5.41) is 3.51. The molecular weight excluding hydrogens is 258 g/mol. The number of rotatable bonds is 10. The number of unbranched alkanes of at least 4 members (excludes halogenated alkanes) is 3. The molecule has 1 rings (SSSR count). The Morgan fingerprint density at radius 1 is 1.00 bits per heavy atom. The van der Waals surface area contributed by atoms with Gasteiger partial charge in [0.15, 0.2) is 0 Å². The summed E-state index contributed by atoms with van der Waals surface area (Å²) in [6.07, 6.45) is 7.61. The van der Waals surface area contributed by atoms with Gasteiger partial charge in [0.25, 0.3) is 0 Å². The van der Waals surface area contributed by atoms with E-state index >= 15 is 0 Å². The summed E-state index contributed by atoms with van der Waals surface area (Å²) < 4.78 is 5.35. The third-order valence-corrected chi connectivity index (χ3v) is 3.20. The molecule has 19 heavy (non-hydrogen) atoms. The largest absolute Gasteiger partial charge is 0.496 e. The molecule has 0 bridgehead atoms. The van der Waals surface area contributed by atoms with Crippen LogP contribution in [-0.4, -0.2) is 20.2 Å². The molecule has 1 aromatic rings. The molecule has 3 heteroatoms. The monoisotopic (exact) mass is 285 g/mol. The van der Waals surface area contributed by atoms with Crippen LogP contribution in [0.4, 0.5) is 0 Å². The fourth-order valence-electron chi connectivity index (χ4n) is 2.12. The summed E-state index contributed by atoms with van der Waals surface area (Å²) in [5.41, 5.74) is 1.31. The van der Waals surface area contributed by atoms with Gasteiger partial charge in [-0.3, -0.25) is 0 Å². The third-order valence-electron chi connectivity index (χ3n) is 3.20. The Labute approximate surface area is 124 Å². The number of ether oxygens (including phenoxy) is 1. The normalized spacial score (nSPS) is 10.0. The van der Waals surface area contributed by atoms with E-state index in [9.17, 15) is 0 Å². The molecule has 0 heterocycles. The van der Waals surface area contributed by atoms with Gasteiger partial charge < -0.3 is 10.1 Å². The quantitative estimate of drug-likeness (QED) is 0.650. The van der Waals surface area contributed by atoms with Gasteiger partial charge in [-0.2, -0.15) is 0 Å². The van der Waals surface area contributed by atoms with Crippen molar-refractivity contribution in [3.8, 4) is 5.75 Å². The molecule has 0 saturated heterocycles. The second-order valence-corrected chi connectivity index (χ2v) is 4.73. The fraction of sp³-hybridized carbons (Fsp3) is 0.625. The minimum Gasteiger partial charge on any atom is -0.496 e. The van der Waals surface area contributed by atoms with Crippen LogP contribution in [0.15, 0.2) is 24.3 Å². The highest BCUT2D eigenvalue weighted by Crippen LogP contribution is 2.18. The summed E-state index contributed by atoms with van der Waals surface area (Å²) in [5.74, 6) is 1.01. The van der Waals surface area contributed by atoms with Crippen molar-refractivity contribution >= 4 is 12.4 Å². The molecule has 0 atom stereocenters. The van der Waals surface area contributed by atoms with Gasteiger partial charge in [-0.25, -0.2) is 0 Å². The SMILES string of the molecule is CCCCCCNCCCc1ccccc1OC.Cl. The van der Waals surface area contributed by atoms with Gasteiger partial charge in [-0.1, -0.05) is 44.4 Å². The average molecular weight is 286 g/mol. The van der Waals surface area contributed by atoms with E-state index in [1.807, 2.05) is 12.1 Å². The van der Waals surface area contributed by atoms with Gasteiger partial charge >= 0.3 is 0 Å². The number of halogens is 1. The molecule has 0 fully saturated rings. The molecular formula is C16H28ClNO. The van der Waals surface area contributed by atoms with Crippen molar-refractivity contribution in [2.24, 2.45) is 0 Å². The lowest BCUT2D eigenvalue weighted by atomic mass is 10.1. The van der Waals surface area contributed by atoms with Crippen molar-refractivity contribution in [2.45, 2.75) is 45.4 Å². The maximum absolute atomic E-state index is 5.35. The second-order valence-electron chi connectivity index (χ2n) is 4.73. The van der Waals surface area contributed by atoms with E-state index in [-0.39, 0.29) is 12.4 Å². The lowest BCUT2D eigenvalue weighted by molar-refractivity contribution is 0.409. The molecule has 0 amide bonds. The summed E-state index contributed by atoms with van der Waals surface area (Å²) in [4.78, 5) is 0. The van der Waals surface area contributed by atoms with Gasteiger partial charge in [0.2, 0.25) is 0 Å². The highest BCUT2D eigenvalue weighted by molar-refractivity contribution is 5.85. The zero-order valence-corrected chi connectivity index (χ0v) is 13.1. The van der Waals surface area contributed by atoms with Crippen molar-refractivity contribution in [3.05, 3.63) is 29.8 Å². The lowest BCUT2D eigenvalue weighted by Gasteiger charge is -2.08.